The van der Waals surface area contributed by atoms with Gasteiger partial charge in [-0.05, 0) is 26.7 Å². The van der Waals surface area contributed by atoms with Crippen molar-refractivity contribution in [3.63, 3.8) is 0 Å². The molecule has 0 N–H and O–H groups in total. The normalized spacial score (nSPS) is 26.8. The van der Waals surface area contributed by atoms with Crippen LogP contribution < -0.4 is 0 Å². The molecular formula is C12H23NO. The Morgan fingerprint density at radius 3 is 2.21 bits per heavy atom. The number of nitrogens with zero attached hydrogens (tertiary/aromatic N) is 1. The lowest BCUT2D eigenvalue weighted by Gasteiger charge is -2.43. The summed E-state index contributed by atoms with van der Waals surface area (Å²) in [5.74, 6) is 0. The Kier molecular flexibility index (Phi) is 3.45. The van der Waals surface area contributed by atoms with Crippen LogP contribution in [0.2, 0.25) is 0 Å². The van der Waals surface area contributed by atoms with Gasteiger partial charge < -0.3 is 4.74 Å². The van der Waals surface area contributed by atoms with Gasteiger partial charge in [-0.25, -0.2) is 0 Å². The Hall–Kier alpha value is -0.0800. The van der Waals surface area contributed by atoms with Gasteiger partial charge in [0.2, 0.25) is 0 Å². The quantitative estimate of drug-likeness (QED) is 0.689. The third-order valence-electron chi connectivity index (χ3n) is 3.54. The van der Waals surface area contributed by atoms with Gasteiger partial charge in [-0.1, -0.05) is 19.3 Å². The molecule has 82 valence electrons. The molecule has 0 unspecified atom stereocenters. The summed E-state index contributed by atoms with van der Waals surface area (Å²) >= 11 is 0. The van der Waals surface area contributed by atoms with Crippen LogP contribution in [0.3, 0.4) is 0 Å². The summed E-state index contributed by atoms with van der Waals surface area (Å²) in [6, 6.07) is 0.696. The van der Waals surface area contributed by atoms with E-state index in [0.717, 1.165) is 13.1 Å². The highest BCUT2D eigenvalue weighted by Crippen LogP contribution is 2.24. The lowest BCUT2D eigenvalue weighted by Crippen LogP contribution is -2.55. The van der Waals surface area contributed by atoms with E-state index >= 15 is 0 Å². The number of ether oxygens (including phenoxy) is 1. The van der Waals surface area contributed by atoms with E-state index in [1.54, 1.807) is 0 Å². The van der Waals surface area contributed by atoms with Crippen LogP contribution in [0.15, 0.2) is 0 Å². The van der Waals surface area contributed by atoms with Gasteiger partial charge in [0.25, 0.3) is 0 Å². The zero-order valence-corrected chi connectivity index (χ0v) is 9.54. The van der Waals surface area contributed by atoms with Gasteiger partial charge in [-0.15, -0.1) is 0 Å². The second-order valence-electron chi connectivity index (χ2n) is 5.07. The fraction of sp³-hybridized carbons (Fsp3) is 1.00. The first-order valence-electron chi connectivity index (χ1n) is 6.15. The molecule has 2 aliphatic rings. The van der Waals surface area contributed by atoms with Crippen LogP contribution in [0.25, 0.3) is 0 Å². The fourth-order valence-corrected chi connectivity index (χ4v) is 2.45. The maximum Gasteiger partial charge on any atom is 0.0832 e. The average Bonchev–Trinajstić information content (AvgIpc) is 2.12. The standard InChI is InChI=1S/C12H23NO/c1-10(2)13-8-12(9-13)14-11-6-4-3-5-7-11/h10-12H,3-9H2,1-2H3. The molecule has 0 aromatic carbocycles. The Bertz CT molecular complexity index is 169. The molecular weight excluding hydrogens is 174 g/mol. The molecule has 1 aliphatic carbocycles. The van der Waals surface area contributed by atoms with Crippen LogP contribution in [0.4, 0.5) is 0 Å². The second kappa shape index (κ2) is 4.63. The first kappa shape index (κ1) is 10.4. The van der Waals surface area contributed by atoms with Crippen molar-refractivity contribution in [3.05, 3.63) is 0 Å². The van der Waals surface area contributed by atoms with Gasteiger partial charge in [0, 0.05) is 19.1 Å². The zero-order valence-electron chi connectivity index (χ0n) is 9.54. The first-order valence-corrected chi connectivity index (χ1v) is 6.15. The summed E-state index contributed by atoms with van der Waals surface area (Å²) in [5, 5.41) is 0. The molecule has 2 nitrogen and oxygen atoms in total. The zero-order chi connectivity index (χ0) is 9.97. The third-order valence-corrected chi connectivity index (χ3v) is 3.54. The smallest absolute Gasteiger partial charge is 0.0832 e. The summed E-state index contributed by atoms with van der Waals surface area (Å²) in [4.78, 5) is 2.48. The van der Waals surface area contributed by atoms with Crippen molar-refractivity contribution in [2.45, 2.75) is 64.2 Å². The van der Waals surface area contributed by atoms with Gasteiger partial charge in [-0.3, -0.25) is 4.90 Å². The molecule has 0 spiro atoms. The van der Waals surface area contributed by atoms with Crippen LogP contribution in [0, 0.1) is 0 Å². The van der Waals surface area contributed by atoms with E-state index in [1.165, 1.54) is 32.1 Å². The van der Waals surface area contributed by atoms with Gasteiger partial charge >= 0.3 is 0 Å². The maximum atomic E-state index is 6.07. The van der Waals surface area contributed by atoms with Crippen LogP contribution in [-0.4, -0.2) is 36.2 Å². The molecule has 1 saturated carbocycles. The summed E-state index contributed by atoms with van der Waals surface area (Å²) < 4.78 is 6.07. The monoisotopic (exact) mass is 197 g/mol. The Labute approximate surface area is 87.6 Å². The first-order chi connectivity index (χ1) is 6.75. The lowest BCUT2D eigenvalue weighted by molar-refractivity contribution is -0.109. The molecule has 1 heterocycles. The summed E-state index contributed by atoms with van der Waals surface area (Å²) in [6.45, 7) is 6.84. The number of rotatable bonds is 3. The van der Waals surface area contributed by atoms with Gasteiger partial charge in [-0.2, -0.15) is 0 Å². The minimum atomic E-state index is 0.542. The molecule has 2 heteroatoms. The van der Waals surface area contributed by atoms with Gasteiger partial charge in [0.1, 0.15) is 0 Å². The van der Waals surface area contributed by atoms with E-state index in [1.807, 2.05) is 0 Å². The molecule has 0 aromatic rings. The second-order valence-corrected chi connectivity index (χ2v) is 5.07. The molecule has 0 radical (unpaired) electrons. The van der Waals surface area contributed by atoms with Crippen molar-refractivity contribution in [1.29, 1.82) is 0 Å². The van der Waals surface area contributed by atoms with E-state index in [9.17, 15) is 0 Å². The highest BCUT2D eigenvalue weighted by molar-refractivity contribution is 4.84. The molecule has 1 saturated heterocycles. The van der Waals surface area contributed by atoms with Crippen LogP contribution >= 0.6 is 0 Å². The molecule has 0 atom stereocenters. The topological polar surface area (TPSA) is 12.5 Å². The van der Waals surface area contributed by atoms with E-state index < -0.39 is 0 Å². The van der Waals surface area contributed by atoms with E-state index in [2.05, 4.69) is 18.7 Å². The van der Waals surface area contributed by atoms with Crippen LogP contribution in [0.5, 0.6) is 0 Å². The molecule has 0 bridgehead atoms. The number of hydrogen-bond donors (Lipinski definition) is 0. The third kappa shape index (κ3) is 2.48. The number of likely N-dealkylation sites (tertiary alicyclic amines) is 1. The predicted molar refractivity (Wildman–Crippen MR) is 58.5 cm³/mol. The summed E-state index contributed by atoms with van der Waals surface area (Å²) in [5.41, 5.74) is 0. The van der Waals surface area contributed by atoms with E-state index in [-0.39, 0.29) is 0 Å². The van der Waals surface area contributed by atoms with Crippen molar-refractivity contribution < 1.29 is 4.74 Å². The minimum Gasteiger partial charge on any atom is -0.372 e. The molecule has 1 aliphatic heterocycles. The SMILES string of the molecule is CC(C)N1CC(OC2CCCCC2)C1. The van der Waals surface area contributed by atoms with Crippen molar-refractivity contribution >= 4 is 0 Å². The van der Waals surface area contributed by atoms with Gasteiger partial charge in [0.15, 0.2) is 0 Å². The minimum absolute atomic E-state index is 0.542. The molecule has 2 fully saturated rings. The molecule has 0 amide bonds. The fourth-order valence-electron chi connectivity index (χ4n) is 2.45. The highest BCUT2D eigenvalue weighted by Gasteiger charge is 2.31. The number of hydrogen-bond acceptors (Lipinski definition) is 2. The molecule has 2 rings (SSSR count). The van der Waals surface area contributed by atoms with Crippen molar-refractivity contribution in [3.8, 4) is 0 Å². The Balaban J connectivity index is 1.63. The van der Waals surface area contributed by atoms with Crippen LogP contribution in [0.1, 0.15) is 46.0 Å². The summed E-state index contributed by atoms with van der Waals surface area (Å²) in [7, 11) is 0. The largest absolute Gasteiger partial charge is 0.372 e. The van der Waals surface area contributed by atoms with E-state index in [0.29, 0.717) is 18.2 Å². The Morgan fingerprint density at radius 1 is 1.00 bits per heavy atom. The maximum absolute atomic E-state index is 6.07. The van der Waals surface area contributed by atoms with Crippen molar-refractivity contribution in [2.75, 3.05) is 13.1 Å². The summed E-state index contributed by atoms with van der Waals surface area (Å²) in [6.07, 6.45) is 7.92. The highest BCUT2D eigenvalue weighted by atomic mass is 16.5. The average molecular weight is 197 g/mol. The van der Waals surface area contributed by atoms with Crippen molar-refractivity contribution in [1.82, 2.24) is 4.90 Å². The van der Waals surface area contributed by atoms with E-state index in [4.69, 9.17) is 4.74 Å². The predicted octanol–water partition coefficient (Wildman–Crippen LogP) is 2.43. The molecule has 14 heavy (non-hydrogen) atoms. The Morgan fingerprint density at radius 2 is 1.64 bits per heavy atom. The lowest BCUT2D eigenvalue weighted by atomic mass is 9.97. The van der Waals surface area contributed by atoms with Gasteiger partial charge in [0.05, 0.1) is 12.2 Å². The van der Waals surface area contributed by atoms with Crippen LogP contribution in [-0.2, 0) is 4.74 Å². The molecule has 0 aromatic heterocycles. The van der Waals surface area contributed by atoms with Crippen molar-refractivity contribution in [2.24, 2.45) is 0 Å².